The number of H-pyrrole nitrogens is 1. The Kier molecular flexibility index (Phi) is 5.43. The summed E-state index contributed by atoms with van der Waals surface area (Å²) in [6, 6.07) is 9.08. The molecule has 7 nitrogen and oxygen atoms in total. The van der Waals surface area contributed by atoms with E-state index in [9.17, 15) is 22.8 Å². The highest BCUT2D eigenvalue weighted by molar-refractivity contribution is 6.00. The van der Waals surface area contributed by atoms with Gasteiger partial charge in [0.25, 0.3) is 5.91 Å². The molecule has 0 atom stereocenters. The highest BCUT2D eigenvalue weighted by Gasteiger charge is 2.32. The molecule has 0 radical (unpaired) electrons. The highest BCUT2D eigenvalue weighted by Crippen LogP contribution is 2.35. The van der Waals surface area contributed by atoms with Gasteiger partial charge in [0.2, 0.25) is 5.91 Å². The Hall–Kier alpha value is -4.08. The summed E-state index contributed by atoms with van der Waals surface area (Å²) < 4.78 is 42.2. The zero-order valence-corrected chi connectivity index (χ0v) is 16.5. The van der Waals surface area contributed by atoms with Gasteiger partial charge in [-0.15, -0.1) is 13.2 Å². The molecule has 0 spiro atoms. The Balaban J connectivity index is 1.71. The zero-order valence-electron chi connectivity index (χ0n) is 16.5. The number of amides is 2. The van der Waals surface area contributed by atoms with Gasteiger partial charge in [0.15, 0.2) is 5.75 Å². The maximum atomic E-state index is 12.7. The molecule has 2 amide bonds. The molecular weight excluding hydrogens is 425 g/mol. The number of benzene rings is 1. The number of ether oxygens (including phenoxy) is 1. The van der Waals surface area contributed by atoms with Crippen molar-refractivity contribution >= 4 is 17.5 Å². The van der Waals surface area contributed by atoms with E-state index < -0.39 is 18.0 Å². The molecule has 1 aromatic carbocycles. The third kappa shape index (κ3) is 4.48. The Labute approximate surface area is 180 Å². The predicted octanol–water partition coefficient (Wildman–Crippen LogP) is 4.05. The molecule has 0 saturated carbocycles. The van der Waals surface area contributed by atoms with Crippen LogP contribution in [0.5, 0.6) is 5.75 Å². The summed E-state index contributed by atoms with van der Waals surface area (Å²) in [5.74, 6) is -1.40. The van der Waals surface area contributed by atoms with Crippen LogP contribution in [0.4, 0.5) is 18.9 Å². The van der Waals surface area contributed by atoms with Crippen molar-refractivity contribution in [2.75, 3.05) is 11.9 Å². The van der Waals surface area contributed by atoms with Gasteiger partial charge in [0.05, 0.1) is 16.9 Å². The fourth-order valence-corrected chi connectivity index (χ4v) is 3.39. The molecule has 32 heavy (non-hydrogen) atoms. The maximum Gasteiger partial charge on any atom is 0.573 e. The van der Waals surface area contributed by atoms with E-state index in [1.807, 2.05) is 0 Å². The summed E-state index contributed by atoms with van der Waals surface area (Å²) >= 11 is 0. The number of nitrogens with one attached hydrogen (secondary N) is 3. The number of aromatic nitrogens is 2. The molecule has 0 saturated heterocycles. The van der Waals surface area contributed by atoms with Crippen LogP contribution in [0, 0.1) is 0 Å². The molecule has 0 fully saturated rings. The molecule has 10 heteroatoms. The van der Waals surface area contributed by atoms with E-state index in [0.29, 0.717) is 35.5 Å². The topological polar surface area (TPSA) is 96.1 Å². The number of pyridine rings is 1. The predicted molar refractivity (Wildman–Crippen MR) is 111 cm³/mol. The van der Waals surface area contributed by atoms with Gasteiger partial charge in [-0.05, 0) is 42.5 Å². The molecule has 3 heterocycles. The minimum Gasteiger partial charge on any atom is -0.404 e. The summed E-state index contributed by atoms with van der Waals surface area (Å²) in [7, 11) is 0. The first-order valence-electron chi connectivity index (χ1n) is 9.53. The third-order valence-electron chi connectivity index (χ3n) is 4.82. The molecule has 1 aliphatic rings. The molecule has 4 rings (SSSR count). The van der Waals surface area contributed by atoms with Gasteiger partial charge in [-0.1, -0.05) is 6.58 Å². The molecule has 1 aliphatic heterocycles. The van der Waals surface area contributed by atoms with Crippen molar-refractivity contribution in [3.05, 3.63) is 66.5 Å². The van der Waals surface area contributed by atoms with Crippen LogP contribution in [-0.4, -0.2) is 34.7 Å². The maximum absolute atomic E-state index is 12.7. The smallest absolute Gasteiger partial charge is 0.404 e. The Morgan fingerprint density at radius 2 is 2.00 bits per heavy atom. The Morgan fingerprint density at radius 1 is 1.19 bits per heavy atom. The first kappa shape index (κ1) is 21.2. The van der Waals surface area contributed by atoms with Crippen LogP contribution in [0.15, 0.2) is 55.3 Å². The van der Waals surface area contributed by atoms with E-state index >= 15 is 0 Å². The highest BCUT2D eigenvalue weighted by atomic mass is 19.4. The van der Waals surface area contributed by atoms with Gasteiger partial charge in [0, 0.05) is 41.7 Å². The summed E-state index contributed by atoms with van der Waals surface area (Å²) in [6.45, 7) is 3.85. The van der Waals surface area contributed by atoms with Crippen molar-refractivity contribution in [2.24, 2.45) is 0 Å². The number of halogens is 3. The quantitative estimate of drug-likeness (QED) is 0.520. The number of carbonyl (C=O) groups excluding carboxylic acids is 2. The Morgan fingerprint density at radius 3 is 2.72 bits per heavy atom. The van der Waals surface area contributed by atoms with Crippen LogP contribution in [0.3, 0.4) is 0 Å². The monoisotopic (exact) mass is 442 g/mol. The average Bonchev–Trinajstić information content (AvgIpc) is 3.20. The van der Waals surface area contributed by atoms with Crippen LogP contribution < -0.4 is 15.4 Å². The minimum atomic E-state index is -4.92. The van der Waals surface area contributed by atoms with E-state index in [-0.39, 0.29) is 11.6 Å². The minimum absolute atomic E-state index is 0.147. The first-order chi connectivity index (χ1) is 15.2. The molecule has 0 unspecified atom stereocenters. The number of hydrogen-bond acceptors (Lipinski definition) is 4. The molecule has 0 aliphatic carbocycles. The lowest BCUT2D eigenvalue weighted by molar-refractivity contribution is -0.274. The van der Waals surface area contributed by atoms with Crippen molar-refractivity contribution < 1.29 is 27.5 Å². The number of nitrogens with zero attached hydrogens (tertiary/aromatic N) is 1. The normalized spacial score (nSPS) is 13.2. The zero-order chi connectivity index (χ0) is 22.9. The fraction of sp³-hybridized carbons (Fsp3) is 0.136. The van der Waals surface area contributed by atoms with E-state index in [0.717, 1.165) is 23.4 Å². The molecule has 2 aromatic heterocycles. The number of fused-ring (bicyclic) bond motifs is 1. The van der Waals surface area contributed by atoms with Gasteiger partial charge in [-0.25, -0.2) is 0 Å². The Bertz CT molecular complexity index is 1220. The van der Waals surface area contributed by atoms with Crippen LogP contribution in [-0.2, 0) is 11.2 Å². The van der Waals surface area contributed by atoms with Crippen LogP contribution in [0.25, 0.3) is 22.5 Å². The number of aromatic amines is 1. The lowest BCUT2D eigenvalue weighted by Gasteiger charge is -2.15. The van der Waals surface area contributed by atoms with Gasteiger partial charge >= 0.3 is 6.36 Å². The summed E-state index contributed by atoms with van der Waals surface area (Å²) in [5, 5.41) is 5.10. The van der Waals surface area contributed by atoms with Crippen LogP contribution >= 0.6 is 0 Å². The van der Waals surface area contributed by atoms with Gasteiger partial charge in [0.1, 0.15) is 0 Å². The lowest BCUT2D eigenvalue weighted by atomic mass is 10.1. The molecule has 0 bridgehead atoms. The SMILES string of the molecule is C=CC(=O)Nc1cc(-c2cc(-c3cc4c([nH]3)CCNC4=O)ccn2)ccc1OC(F)(F)F. The second-order valence-electron chi connectivity index (χ2n) is 6.96. The summed E-state index contributed by atoms with van der Waals surface area (Å²) in [6.07, 6.45) is -1.75. The van der Waals surface area contributed by atoms with E-state index in [2.05, 4.69) is 31.9 Å². The standard InChI is InChI=1S/C22H17F3N4O3/c1-2-20(30)29-18-10-12(3-4-19(18)32-22(23,24)25)16-9-13(5-7-26-16)17-11-14-15(28-17)6-8-27-21(14)31/h2-5,7,9-11,28H,1,6,8H2,(H,27,31)(H,29,30). The van der Waals surface area contributed by atoms with Crippen LogP contribution in [0.2, 0.25) is 0 Å². The van der Waals surface area contributed by atoms with Gasteiger partial charge < -0.3 is 20.4 Å². The van der Waals surface area contributed by atoms with Crippen molar-refractivity contribution in [1.82, 2.24) is 15.3 Å². The van der Waals surface area contributed by atoms with Gasteiger partial charge in [-0.2, -0.15) is 0 Å². The van der Waals surface area contributed by atoms with E-state index in [1.54, 1.807) is 24.4 Å². The largest absolute Gasteiger partial charge is 0.573 e. The van der Waals surface area contributed by atoms with Crippen molar-refractivity contribution in [1.29, 1.82) is 0 Å². The lowest BCUT2D eigenvalue weighted by Crippen LogP contribution is -2.31. The van der Waals surface area contributed by atoms with E-state index in [1.165, 1.54) is 12.1 Å². The third-order valence-corrected chi connectivity index (χ3v) is 4.82. The summed E-state index contributed by atoms with van der Waals surface area (Å²) in [5.41, 5.74) is 3.60. The second-order valence-corrected chi connectivity index (χ2v) is 6.96. The number of carbonyl (C=O) groups is 2. The number of anilines is 1. The van der Waals surface area contributed by atoms with E-state index in [4.69, 9.17) is 0 Å². The fourth-order valence-electron chi connectivity index (χ4n) is 3.39. The molecule has 3 aromatic rings. The average molecular weight is 442 g/mol. The van der Waals surface area contributed by atoms with Crippen LogP contribution in [0.1, 0.15) is 16.1 Å². The van der Waals surface area contributed by atoms with Gasteiger partial charge in [-0.3, -0.25) is 14.6 Å². The number of rotatable bonds is 5. The van der Waals surface area contributed by atoms with Crippen molar-refractivity contribution in [3.8, 4) is 28.3 Å². The van der Waals surface area contributed by atoms with Crippen molar-refractivity contribution in [3.63, 3.8) is 0 Å². The van der Waals surface area contributed by atoms with Crippen molar-refractivity contribution in [2.45, 2.75) is 12.8 Å². The second kappa shape index (κ2) is 8.22. The molecule has 3 N–H and O–H groups in total. The first-order valence-corrected chi connectivity index (χ1v) is 9.53. The summed E-state index contributed by atoms with van der Waals surface area (Å²) in [4.78, 5) is 31.2. The molecule has 164 valence electrons. The number of hydrogen-bond donors (Lipinski definition) is 3. The number of alkyl halides is 3. The molecular formula is C22H17F3N4O3.